The predicted molar refractivity (Wildman–Crippen MR) is 80.8 cm³/mol. The first-order chi connectivity index (χ1) is 9.25. The maximum absolute atomic E-state index is 6.22. The van der Waals surface area contributed by atoms with Crippen LogP contribution in [0.25, 0.3) is 0 Å². The van der Waals surface area contributed by atoms with Gasteiger partial charge in [0.2, 0.25) is 0 Å². The summed E-state index contributed by atoms with van der Waals surface area (Å²) in [6, 6.07) is 17.1. The molecule has 0 radical (unpaired) electrons. The summed E-state index contributed by atoms with van der Waals surface area (Å²) in [7, 11) is 0. The van der Waals surface area contributed by atoms with Crippen LogP contribution in [-0.4, -0.2) is 6.54 Å². The van der Waals surface area contributed by atoms with E-state index >= 15 is 0 Å². The number of hydrogen-bond acceptors (Lipinski definition) is 1. The van der Waals surface area contributed by atoms with Gasteiger partial charge in [-0.3, -0.25) is 0 Å². The van der Waals surface area contributed by atoms with Gasteiger partial charge in [-0.2, -0.15) is 0 Å². The molecule has 2 unspecified atom stereocenters. The summed E-state index contributed by atoms with van der Waals surface area (Å²) < 4.78 is 0. The maximum atomic E-state index is 6.22. The van der Waals surface area contributed by atoms with E-state index in [9.17, 15) is 0 Å². The zero-order chi connectivity index (χ0) is 13.2. The van der Waals surface area contributed by atoms with Crippen LogP contribution in [-0.2, 0) is 6.42 Å². The Hall–Kier alpha value is -1.31. The fourth-order valence-corrected chi connectivity index (χ4v) is 3.10. The molecular formula is C17H18ClN. The number of halogens is 1. The first-order valence-corrected chi connectivity index (χ1v) is 7.19. The largest absolute Gasteiger partial charge is 0.310 e. The van der Waals surface area contributed by atoms with E-state index in [1.807, 2.05) is 18.2 Å². The molecule has 2 heteroatoms. The molecule has 0 aliphatic heterocycles. The van der Waals surface area contributed by atoms with E-state index in [-0.39, 0.29) is 0 Å². The first-order valence-electron chi connectivity index (χ1n) is 6.81. The fraction of sp³-hybridized carbons (Fsp3) is 0.294. The minimum absolute atomic E-state index is 0.293. The van der Waals surface area contributed by atoms with Crippen LogP contribution in [0.4, 0.5) is 0 Å². The molecule has 0 fully saturated rings. The van der Waals surface area contributed by atoms with Crippen molar-refractivity contribution in [1.82, 2.24) is 5.32 Å². The minimum Gasteiger partial charge on any atom is -0.310 e. The Kier molecular flexibility index (Phi) is 3.58. The Labute approximate surface area is 119 Å². The molecule has 1 aliphatic rings. The van der Waals surface area contributed by atoms with Crippen molar-refractivity contribution in [2.24, 2.45) is 0 Å². The second kappa shape index (κ2) is 5.36. The minimum atomic E-state index is 0.293. The molecule has 19 heavy (non-hydrogen) atoms. The van der Waals surface area contributed by atoms with E-state index in [4.69, 9.17) is 11.6 Å². The highest BCUT2D eigenvalue weighted by molar-refractivity contribution is 6.31. The van der Waals surface area contributed by atoms with E-state index in [2.05, 4.69) is 42.6 Å². The predicted octanol–water partition coefficient (Wildman–Crippen LogP) is 4.33. The van der Waals surface area contributed by atoms with Crippen molar-refractivity contribution in [1.29, 1.82) is 0 Å². The van der Waals surface area contributed by atoms with Crippen LogP contribution in [0.3, 0.4) is 0 Å². The highest BCUT2D eigenvalue weighted by Gasteiger charge is 2.25. The Morgan fingerprint density at radius 1 is 1.16 bits per heavy atom. The van der Waals surface area contributed by atoms with E-state index in [1.54, 1.807) is 0 Å². The van der Waals surface area contributed by atoms with E-state index < -0.39 is 0 Å². The molecule has 2 aromatic carbocycles. The van der Waals surface area contributed by atoms with E-state index in [0.29, 0.717) is 12.0 Å². The van der Waals surface area contributed by atoms with Crippen LogP contribution in [0, 0.1) is 0 Å². The molecular weight excluding hydrogens is 254 g/mol. The van der Waals surface area contributed by atoms with Gasteiger partial charge in [0, 0.05) is 23.5 Å². The van der Waals surface area contributed by atoms with Crippen LogP contribution in [0.15, 0.2) is 48.5 Å². The summed E-state index contributed by atoms with van der Waals surface area (Å²) in [4.78, 5) is 0. The summed E-state index contributed by atoms with van der Waals surface area (Å²) in [6.45, 7) is 3.19. The van der Waals surface area contributed by atoms with Crippen molar-refractivity contribution >= 4 is 11.6 Å². The number of hydrogen-bond donors (Lipinski definition) is 1. The molecule has 0 bridgehead atoms. The second-order valence-corrected chi connectivity index (χ2v) is 5.66. The molecule has 1 N–H and O–H groups in total. The third kappa shape index (κ3) is 2.54. The monoisotopic (exact) mass is 271 g/mol. The lowest BCUT2D eigenvalue weighted by Gasteiger charge is -2.31. The Morgan fingerprint density at radius 2 is 1.89 bits per heavy atom. The van der Waals surface area contributed by atoms with Crippen LogP contribution in [0.1, 0.15) is 35.6 Å². The number of benzene rings is 2. The number of rotatable bonds is 4. The van der Waals surface area contributed by atoms with Crippen molar-refractivity contribution in [3.63, 3.8) is 0 Å². The third-order valence-corrected chi connectivity index (χ3v) is 4.35. The van der Waals surface area contributed by atoms with Gasteiger partial charge >= 0.3 is 0 Å². The van der Waals surface area contributed by atoms with Crippen LogP contribution >= 0.6 is 11.6 Å². The van der Waals surface area contributed by atoms with E-state index in [0.717, 1.165) is 11.6 Å². The lowest BCUT2D eigenvalue weighted by molar-refractivity contribution is 0.489. The van der Waals surface area contributed by atoms with E-state index in [1.165, 1.54) is 23.1 Å². The molecule has 0 saturated heterocycles. The second-order valence-electron chi connectivity index (χ2n) is 5.25. The smallest absolute Gasteiger partial charge is 0.0453 e. The average Bonchev–Trinajstić information content (AvgIpc) is 2.40. The van der Waals surface area contributed by atoms with Gasteiger partial charge in [0.25, 0.3) is 0 Å². The summed E-state index contributed by atoms with van der Waals surface area (Å²) in [5.41, 5.74) is 4.18. The van der Waals surface area contributed by atoms with Gasteiger partial charge in [-0.05, 0) is 36.1 Å². The van der Waals surface area contributed by atoms with Gasteiger partial charge in [-0.1, -0.05) is 54.1 Å². The summed E-state index contributed by atoms with van der Waals surface area (Å²) in [6.07, 6.45) is 1.19. The molecule has 1 nitrogen and oxygen atoms in total. The highest BCUT2D eigenvalue weighted by atomic mass is 35.5. The maximum Gasteiger partial charge on any atom is 0.0453 e. The number of nitrogens with one attached hydrogen (secondary N) is 1. The van der Waals surface area contributed by atoms with Crippen LogP contribution in [0.2, 0.25) is 5.02 Å². The molecule has 0 aromatic heterocycles. The Bertz CT molecular complexity index is 579. The number of fused-ring (bicyclic) bond motifs is 1. The molecule has 2 aromatic rings. The zero-order valence-electron chi connectivity index (χ0n) is 11.1. The highest BCUT2D eigenvalue weighted by Crippen LogP contribution is 2.34. The Balaban J connectivity index is 1.61. The first kappa shape index (κ1) is 12.7. The molecule has 1 aliphatic carbocycles. The van der Waals surface area contributed by atoms with Crippen molar-refractivity contribution in [3.8, 4) is 0 Å². The van der Waals surface area contributed by atoms with Crippen molar-refractivity contribution < 1.29 is 0 Å². The van der Waals surface area contributed by atoms with Gasteiger partial charge in [-0.15, -0.1) is 0 Å². The molecule has 2 atom stereocenters. The molecule has 0 spiro atoms. The van der Waals surface area contributed by atoms with Crippen LogP contribution in [0.5, 0.6) is 0 Å². The topological polar surface area (TPSA) is 12.0 Å². The average molecular weight is 272 g/mol. The normalized spacial score (nSPS) is 18.5. The van der Waals surface area contributed by atoms with Gasteiger partial charge in [0.15, 0.2) is 0 Å². The third-order valence-electron chi connectivity index (χ3n) is 4.00. The molecule has 0 heterocycles. The summed E-state index contributed by atoms with van der Waals surface area (Å²) >= 11 is 6.22. The van der Waals surface area contributed by atoms with Gasteiger partial charge in [0.05, 0.1) is 0 Å². The summed E-state index contributed by atoms with van der Waals surface area (Å²) in [5.74, 6) is 0.654. The van der Waals surface area contributed by atoms with Crippen molar-refractivity contribution in [2.75, 3.05) is 6.54 Å². The van der Waals surface area contributed by atoms with Gasteiger partial charge in [0.1, 0.15) is 0 Å². The van der Waals surface area contributed by atoms with Crippen molar-refractivity contribution in [2.45, 2.75) is 25.3 Å². The molecule has 3 rings (SSSR count). The van der Waals surface area contributed by atoms with Crippen molar-refractivity contribution in [3.05, 3.63) is 70.2 Å². The molecule has 0 saturated carbocycles. The summed E-state index contributed by atoms with van der Waals surface area (Å²) in [5, 5.41) is 4.44. The quantitative estimate of drug-likeness (QED) is 0.873. The SMILES string of the molecule is CC(NCC1Cc2ccccc21)c1ccccc1Cl. The Morgan fingerprint density at radius 3 is 2.68 bits per heavy atom. The lowest BCUT2D eigenvalue weighted by atomic mass is 9.77. The molecule has 0 amide bonds. The van der Waals surface area contributed by atoms with Gasteiger partial charge < -0.3 is 5.32 Å². The fourth-order valence-electron chi connectivity index (χ4n) is 2.80. The van der Waals surface area contributed by atoms with Crippen LogP contribution < -0.4 is 5.32 Å². The molecule has 98 valence electrons. The lowest BCUT2D eigenvalue weighted by Crippen LogP contribution is -2.30. The zero-order valence-corrected chi connectivity index (χ0v) is 11.8. The standard InChI is InChI=1S/C17H18ClN/c1-12(15-7-4-5-9-17(15)18)19-11-14-10-13-6-2-3-8-16(13)14/h2-9,12,14,19H,10-11H2,1H3. The van der Waals surface area contributed by atoms with Gasteiger partial charge in [-0.25, -0.2) is 0 Å².